The molecule has 0 amide bonds. The second-order valence-electron chi connectivity index (χ2n) is 4.46. The Kier molecular flexibility index (Phi) is 4.33. The molecule has 0 aliphatic rings. The average molecular weight is 223 g/mol. The minimum Gasteiger partial charge on any atom is -0.496 e. The summed E-state index contributed by atoms with van der Waals surface area (Å²) in [6.07, 6.45) is -0.684. The number of ether oxygens (including phenoxy) is 1. The Morgan fingerprint density at radius 2 is 1.88 bits per heavy atom. The van der Waals surface area contributed by atoms with Crippen molar-refractivity contribution in [3.63, 3.8) is 0 Å². The van der Waals surface area contributed by atoms with Gasteiger partial charge in [0.15, 0.2) is 0 Å². The number of hydrogen-bond acceptors (Lipinski definition) is 3. The van der Waals surface area contributed by atoms with Gasteiger partial charge in [-0.15, -0.1) is 0 Å². The van der Waals surface area contributed by atoms with E-state index in [2.05, 4.69) is 13.8 Å². The van der Waals surface area contributed by atoms with Crippen LogP contribution in [-0.4, -0.2) is 18.3 Å². The lowest BCUT2D eigenvalue weighted by molar-refractivity contribution is 0.149. The Labute approximate surface area is 97.2 Å². The zero-order valence-corrected chi connectivity index (χ0v) is 10.4. The molecule has 3 heteroatoms. The molecule has 1 rings (SSSR count). The fraction of sp³-hybridized carbons (Fsp3) is 0.538. The summed E-state index contributed by atoms with van der Waals surface area (Å²) in [5, 5.41) is 9.93. The molecule has 3 N–H and O–H groups in total. The maximum Gasteiger partial charge on any atom is 0.125 e. The van der Waals surface area contributed by atoms with Crippen molar-refractivity contribution in [1.82, 2.24) is 0 Å². The normalized spacial score (nSPS) is 14.9. The first-order valence-electron chi connectivity index (χ1n) is 5.58. The molecule has 0 saturated carbocycles. The lowest BCUT2D eigenvalue weighted by Crippen LogP contribution is -2.24. The Balaban J connectivity index is 3.11. The lowest BCUT2D eigenvalue weighted by atomic mass is 9.97. The van der Waals surface area contributed by atoms with Crippen LogP contribution in [0, 0.1) is 0 Å². The Bertz CT molecular complexity index is 348. The molecule has 0 radical (unpaired) electrons. The molecule has 1 aromatic carbocycles. The van der Waals surface area contributed by atoms with E-state index >= 15 is 0 Å². The van der Waals surface area contributed by atoms with Crippen LogP contribution in [0.4, 0.5) is 0 Å². The van der Waals surface area contributed by atoms with Gasteiger partial charge in [0, 0.05) is 11.6 Å². The largest absolute Gasteiger partial charge is 0.496 e. The molecule has 2 unspecified atom stereocenters. The van der Waals surface area contributed by atoms with Crippen LogP contribution in [0.5, 0.6) is 5.75 Å². The summed E-state index contributed by atoms with van der Waals surface area (Å²) in [6.45, 7) is 6.02. The molecule has 0 spiro atoms. The summed E-state index contributed by atoms with van der Waals surface area (Å²) in [7, 11) is 1.61. The van der Waals surface area contributed by atoms with E-state index in [1.54, 1.807) is 14.0 Å². The fourth-order valence-electron chi connectivity index (χ4n) is 1.61. The number of benzene rings is 1. The maximum atomic E-state index is 9.93. The van der Waals surface area contributed by atoms with E-state index in [4.69, 9.17) is 10.5 Å². The van der Waals surface area contributed by atoms with E-state index in [1.807, 2.05) is 18.2 Å². The van der Waals surface area contributed by atoms with E-state index < -0.39 is 6.10 Å². The predicted molar refractivity (Wildman–Crippen MR) is 65.7 cm³/mol. The van der Waals surface area contributed by atoms with Gasteiger partial charge in [-0.2, -0.15) is 0 Å². The van der Waals surface area contributed by atoms with Gasteiger partial charge in [-0.05, 0) is 24.5 Å². The van der Waals surface area contributed by atoms with Crippen molar-refractivity contribution in [2.24, 2.45) is 5.73 Å². The first kappa shape index (κ1) is 13.0. The van der Waals surface area contributed by atoms with Crippen LogP contribution >= 0.6 is 0 Å². The van der Waals surface area contributed by atoms with Crippen LogP contribution < -0.4 is 10.5 Å². The Hall–Kier alpha value is -1.06. The second-order valence-corrected chi connectivity index (χ2v) is 4.46. The minimum absolute atomic E-state index is 0.307. The third-order valence-electron chi connectivity index (χ3n) is 2.74. The first-order valence-corrected chi connectivity index (χ1v) is 5.58. The number of hydrogen-bond donors (Lipinski definition) is 2. The third kappa shape index (κ3) is 2.74. The molecule has 0 aromatic heterocycles. The zero-order chi connectivity index (χ0) is 12.3. The van der Waals surface area contributed by atoms with Crippen molar-refractivity contribution in [1.29, 1.82) is 0 Å². The lowest BCUT2D eigenvalue weighted by Gasteiger charge is -2.19. The summed E-state index contributed by atoms with van der Waals surface area (Å²) < 4.78 is 5.29. The van der Waals surface area contributed by atoms with Crippen LogP contribution in [0.2, 0.25) is 0 Å². The fourth-order valence-corrected chi connectivity index (χ4v) is 1.61. The van der Waals surface area contributed by atoms with Crippen molar-refractivity contribution >= 4 is 0 Å². The number of aliphatic hydroxyl groups is 1. The summed E-state index contributed by atoms with van der Waals surface area (Å²) in [5.74, 6) is 1.14. The molecule has 90 valence electrons. The Morgan fingerprint density at radius 3 is 2.31 bits per heavy atom. The molecule has 2 atom stereocenters. The maximum absolute atomic E-state index is 9.93. The van der Waals surface area contributed by atoms with E-state index in [9.17, 15) is 5.11 Å². The highest BCUT2D eigenvalue weighted by Crippen LogP contribution is 2.30. The highest BCUT2D eigenvalue weighted by Gasteiger charge is 2.17. The standard InChI is InChI=1S/C13H21NO2/c1-8(2)10-5-6-11(12(7-10)16-4)13(15)9(3)14/h5-9,13,15H,14H2,1-4H3. The molecule has 0 bridgehead atoms. The van der Waals surface area contributed by atoms with Gasteiger partial charge in [0.1, 0.15) is 5.75 Å². The van der Waals surface area contributed by atoms with Gasteiger partial charge < -0.3 is 15.6 Å². The average Bonchev–Trinajstić information content (AvgIpc) is 2.26. The first-order chi connectivity index (χ1) is 7.47. The van der Waals surface area contributed by atoms with Crippen molar-refractivity contribution < 1.29 is 9.84 Å². The third-order valence-corrected chi connectivity index (χ3v) is 2.74. The van der Waals surface area contributed by atoms with Gasteiger partial charge in [-0.3, -0.25) is 0 Å². The molecular formula is C13H21NO2. The van der Waals surface area contributed by atoms with Gasteiger partial charge in [0.25, 0.3) is 0 Å². The summed E-state index contributed by atoms with van der Waals surface area (Å²) in [4.78, 5) is 0. The zero-order valence-electron chi connectivity index (χ0n) is 10.4. The van der Waals surface area contributed by atoms with Crippen LogP contribution in [0.25, 0.3) is 0 Å². The van der Waals surface area contributed by atoms with Crippen LogP contribution in [-0.2, 0) is 0 Å². The number of aliphatic hydroxyl groups excluding tert-OH is 1. The minimum atomic E-state index is -0.684. The number of rotatable bonds is 4. The van der Waals surface area contributed by atoms with E-state index in [-0.39, 0.29) is 6.04 Å². The predicted octanol–water partition coefficient (Wildman–Crippen LogP) is 2.20. The summed E-state index contributed by atoms with van der Waals surface area (Å²) in [6, 6.07) is 5.56. The molecule has 16 heavy (non-hydrogen) atoms. The van der Waals surface area contributed by atoms with Gasteiger partial charge in [0.2, 0.25) is 0 Å². The highest BCUT2D eigenvalue weighted by molar-refractivity contribution is 5.40. The van der Waals surface area contributed by atoms with Gasteiger partial charge in [-0.1, -0.05) is 26.0 Å². The SMILES string of the molecule is COc1cc(C(C)C)ccc1C(O)C(C)N. The van der Waals surface area contributed by atoms with Gasteiger partial charge >= 0.3 is 0 Å². The summed E-state index contributed by atoms with van der Waals surface area (Å²) in [5.41, 5.74) is 7.63. The van der Waals surface area contributed by atoms with E-state index in [1.165, 1.54) is 5.56 Å². The molecule has 0 saturated heterocycles. The second kappa shape index (κ2) is 5.32. The monoisotopic (exact) mass is 223 g/mol. The quantitative estimate of drug-likeness (QED) is 0.822. The molecule has 0 heterocycles. The van der Waals surface area contributed by atoms with Crippen LogP contribution in [0.1, 0.15) is 43.9 Å². The molecule has 0 fully saturated rings. The van der Waals surface area contributed by atoms with Crippen molar-refractivity contribution in [2.75, 3.05) is 7.11 Å². The van der Waals surface area contributed by atoms with E-state index in [0.717, 1.165) is 5.56 Å². The Morgan fingerprint density at radius 1 is 1.25 bits per heavy atom. The smallest absolute Gasteiger partial charge is 0.125 e. The van der Waals surface area contributed by atoms with Gasteiger partial charge in [-0.25, -0.2) is 0 Å². The molecule has 0 aliphatic carbocycles. The molecule has 0 aliphatic heterocycles. The molecule has 3 nitrogen and oxygen atoms in total. The number of methoxy groups -OCH3 is 1. The molecule has 1 aromatic rings. The molecular weight excluding hydrogens is 202 g/mol. The van der Waals surface area contributed by atoms with E-state index in [0.29, 0.717) is 11.7 Å². The topological polar surface area (TPSA) is 55.5 Å². The van der Waals surface area contributed by atoms with Crippen molar-refractivity contribution in [3.05, 3.63) is 29.3 Å². The van der Waals surface area contributed by atoms with Crippen LogP contribution in [0.15, 0.2) is 18.2 Å². The van der Waals surface area contributed by atoms with Gasteiger partial charge in [0.05, 0.1) is 13.2 Å². The highest BCUT2D eigenvalue weighted by atomic mass is 16.5. The summed E-state index contributed by atoms with van der Waals surface area (Å²) >= 11 is 0. The van der Waals surface area contributed by atoms with Crippen molar-refractivity contribution in [2.45, 2.75) is 38.8 Å². The van der Waals surface area contributed by atoms with Crippen LogP contribution in [0.3, 0.4) is 0 Å². The van der Waals surface area contributed by atoms with Crippen molar-refractivity contribution in [3.8, 4) is 5.75 Å². The number of nitrogens with two attached hydrogens (primary N) is 1.